The van der Waals surface area contributed by atoms with Gasteiger partial charge in [0.2, 0.25) is 10.0 Å². The molecule has 2 saturated heterocycles. The van der Waals surface area contributed by atoms with Crippen LogP contribution in [0.2, 0.25) is 5.02 Å². The number of nitrogens with one attached hydrogen (secondary N) is 1. The average molecular weight is 494 g/mol. The van der Waals surface area contributed by atoms with Gasteiger partial charge in [0.15, 0.2) is 6.61 Å². The number of amides is 1. The number of anilines is 2. The Kier molecular flexibility index (Phi) is 7.75. The third-order valence-electron chi connectivity index (χ3n) is 5.73. The van der Waals surface area contributed by atoms with Crippen LogP contribution in [-0.2, 0) is 19.6 Å². The van der Waals surface area contributed by atoms with E-state index in [-0.39, 0.29) is 17.4 Å². The van der Waals surface area contributed by atoms with Crippen LogP contribution in [0.25, 0.3) is 0 Å². The summed E-state index contributed by atoms with van der Waals surface area (Å²) in [6.07, 6.45) is 3.28. The number of carbonyl (C=O) groups excluding carboxylic acids is 1. The highest BCUT2D eigenvalue weighted by atomic mass is 35.5. The minimum absolute atomic E-state index is 0.152. The van der Waals surface area contributed by atoms with Crippen molar-refractivity contribution in [3.05, 3.63) is 47.5 Å². The molecule has 8 nitrogen and oxygen atoms in total. The highest BCUT2D eigenvalue weighted by molar-refractivity contribution is 7.89. The topological polar surface area (TPSA) is 88.2 Å². The summed E-state index contributed by atoms with van der Waals surface area (Å²) in [6, 6.07) is 11.7. The Balaban J connectivity index is 1.55. The molecule has 0 aromatic heterocycles. The molecule has 0 bridgehead atoms. The molecule has 178 valence electrons. The monoisotopic (exact) mass is 493 g/mol. The first kappa shape index (κ1) is 23.8. The van der Waals surface area contributed by atoms with Gasteiger partial charge in [-0.1, -0.05) is 11.6 Å². The first-order chi connectivity index (χ1) is 15.9. The van der Waals surface area contributed by atoms with Gasteiger partial charge >= 0.3 is 0 Å². The highest BCUT2D eigenvalue weighted by Gasteiger charge is 2.28. The highest BCUT2D eigenvalue weighted by Crippen LogP contribution is 2.32. The fraction of sp³-hybridized carbons (Fsp3) is 0.435. The Morgan fingerprint density at radius 1 is 1.00 bits per heavy atom. The number of benzene rings is 2. The molecule has 33 heavy (non-hydrogen) atoms. The first-order valence-corrected chi connectivity index (χ1v) is 12.9. The lowest BCUT2D eigenvalue weighted by molar-refractivity contribution is -0.118. The summed E-state index contributed by atoms with van der Waals surface area (Å²) in [4.78, 5) is 15.0. The third-order valence-corrected chi connectivity index (χ3v) is 7.88. The summed E-state index contributed by atoms with van der Waals surface area (Å²) in [5.74, 6) is 0.151. The molecule has 10 heteroatoms. The normalized spacial score (nSPS) is 17.5. The number of morpholine rings is 1. The minimum atomic E-state index is -3.69. The fourth-order valence-corrected chi connectivity index (χ4v) is 5.55. The van der Waals surface area contributed by atoms with E-state index >= 15 is 0 Å². The number of carbonyl (C=O) groups is 1. The first-order valence-electron chi connectivity index (χ1n) is 11.1. The molecule has 2 aromatic rings. The van der Waals surface area contributed by atoms with Crippen molar-refractivity contribution in [2.24, 2.45) is 0 Å². The van der Waals surface area contributed by atoms with Crippen LogP contribution < -0.4 is 15.0 Å². The van der Waals surface area contributed by atoms with Crippen molar-refractivity contribution in [1.29, 1.82) is 0 Å². The standard InChI is InChI=1S/C23H28ClN3O5S/c24-18-4-6-19(7-5-18)32-17-23(28)25-21-16-20(33(29,30)27-12-14-31-15-13-27)8-9-22(21)26-10-2-1-3-11-26/h4-9,16H,1-3,10-15,17H2,(H,25,28). The number of hydrogen-bond donors (Lipinski definition) is 1. The van der Waals surface area contributed by atoms with Crippen molar-refractivity contribution in [3.63, 3.8) is 0 Å². The van der Waals surface area contributed by atoms with Crippen LogP contribution in [0.4, 0.5) is 11.4 Å². The molecule has 0 radical (unpaired) electrons. The van der Waals surface area contributed by atoms with E-state index in [0.29, 0.717) is 42.8 Å². The molecule has 4 rings (SSSR count). The molecule has 0 spiro atoms. The van der Waals surface area contributed by atoms with Crippen LogP contribution in [-0.4, -0.2) is 64.6 Å². The van der Waals surface area contributed by atoms with E-state index in [1.54, 1.807) is 42.5 Å². The maximum atomic E-state index is 13.2. The van der Waals surface area contributed by atoms with Crippen LogP contribution in [0.3, 0.4) is 0 Å². The summed E-state index contributed by atoms with van der Waals surface area (Å²) in [5.41, 5.74) is 1.28. The van der Waals surface area contributed by atoms with Crippen molar-refractivity contribution in [3.8, 4) is 5.75 Å². The molecule has 2 fully saturated rings. The molecule has 0 saturated carbocycles. The second-order valence-corrected chi connectivity index (χ2v) is 10.4. The summed E-state index contributed by atoms with van der Waals surface area (Å²) < 4.78 is 38.6. The van der Waals surface area contributed by atoms with Gasteiger partial charge < -0.3 is 19.7 Å². The van der Waals surface area contributed by atoms with Gasteiger partial charge in [0.05, 0.1) is 29.5 Å². The molecule has 0 atom stereocenters. The van der Waals surface area contributed by atoms with E-state index in [1.807, 2.05) is 0 Å². The predicted molar refractivity (Wildman–Crippen MR) is 128 cm³/mol. The molecule has 2 aliphatic rings. The lowest BCUT2D eigenvalue weighted by atomic mass is 10.1. The van der Waals surface area contributed by atoms with E-state index in [2.05, 4.69) is 10.2 Å². The summed E-state index contributed by atoms with van der Waals surface area (Å²) >= 11 is 5.88. The van der Waals surface area contributed by atoms with Crippen molar-refractivity contribution in [1.82, 2.24) is 4.31 Å². The SMILES string of the molecule is O=C(COc1ccc(Cl)cc1)Nc1cc(S(=O)(=O)N2CCOCC2)ccc1N1CCCCC1. The number of halogens is 1. The molecule has 2 aliphatic heterocycles. The molecule has 0 unspecified atom stereocenters. The number of rotatable bonds is 7. The molecular formula is C23H28ClN3O5S. The predicted octanol–water partition coefficient (Wildman–Crippen LogP) is 3.37. The molecule has 0 aliphatic carbocycles. The second-order valence-electron chi connectivity index (χ2n) is 8.03. The minimum Gasteiger partial charge on any atom is -0.484 e. The summed E-state index contributed by atoms with van der Waals surface area (Å²) in [6.45, 7) is 2.88. The van der Waals surface area contributed by atoms with E-state index in [1.165, 1.54) is 4.31 Å². The fourth-order valence-electron chi connectivity index (χ4n) is 3.99. The summed E-state index contributed by atoms with van der Waals surface area (Å²) in [5, 5.41) is 3.45. The Hall–Kier alpha value is -2.33. The lowest BCUT2D eigenvalue weighted by Crippen LogP contribution is -2.40. The zero-order chi connectivity index (χ0) is 23.3. The van der Waals surface area contributed by atoms with Gasteiger partial charge in [0.1, 0.15) is 5.75 Å². The molecule has 2 aromatic carbocycles. The van der Waals surface area contributed by atoms with Crippen LogP contribution in [0.1, 0.15) is 19.3 Å². The van der Waals surface area contributed by atoms with Crippen LogP contribution in [0.15, 0.2) is 47.4 Å². The van der Waals surface area contributed by atoms with E-state index in [0.717, 1.165) is 38.0 Å². The smallest absolute Gasteiger partial charge is 0.262 e. The van der Waals surface area contributed by atoms with Gasteiger partial charge in [-0.25, -0.2) is 8.42 Å². The van der Waals surface area contributed by atoms with Crippen molar-refractivity contribution >= 4 is 38.9 Å². The summed E-state index contributed by atoms with van der Waals surface area (Å²) in [7, 11) is -3.69. The molecular weight excluding hydrogens is 466 g/mol. The Labute approximate surface area is 199 Å². The lowest BCUT2D eigenvalue weighted by Gasteiger charge is -2.31. The van der Waals surface area contributed by atoms with Gasteiger partial charge in [-0.2, -0.15) is 4.31 Å². The number of nitrogens with zero attached hydrogens (tertiary/aromatic N) is 2. The van der Waals surface area contributed by atoms with E-state index in [9.17, 15) is 13.2 Å². The average Bonchev–Trinajstić information content (AvgIpc) is 2.85. The van der Waals surface area contributed by atoms with Gasteiger partial charge in [-0.05, 0) is 61.7 Å². The van der Waals surface area contributed by atoms with E-state index < -0.39 is 10.0 Å². The van der Waals surface area contributed by atoms with Gasteiger partial charge in [-0.3, -0.25) is 4.79 Å². The van der Waals surface area contributed by atoms with Gasteiger partial charge in [0.25, 0.3) is 5.91 Å². The van der Waals surface area contributed by atoms with Crippen molar-refractivity contribution in [2.45, 2.75) is 24.2 Å². The van der Waals surface area contributed by atoms with Gasteiger partial charge in [0, 0.05) is 31.2 Å². The third kappa shape index (κ3) is 5.97. The zero-order valence-electron chi connectivity index (χ0n) is 18.3. The largest absolute Gasteiger partial charge is 0.484 e. The number of piperidine rings is 1. The zero-order valence-corrected chi connectivity index (χ0v) is 19.9. The maximum Gasteiger partial charge on any atom is 0.262 e. The van der Waals surface area contributed by atoms with E-state index in [4.69, 9.17) is 21.1 Å². The van der Waals surface area contributed by atoms with Crippen molar-refractivity contribution in [2.75, 3.05) is 56.2 Å². The Bertz CT molecular complexity index is 1070. The second kappa shape index (κ2) is 10.7. The van der Waals surface area contributed by atoms with Crippen LogP contribution >= 0.6 is 11.6 Å². The maximum absolute atomic E-state index is 13.2. The van der Waals surface area contributed by atoms with Crippen molar-refractivity contribution < 1.29 is 22.7 Å². The number of sulfonamides is 1. The molecule has 1 N–H and O–H groups in total. The number of hydrogen-bond acceptors (Lipinski definition) is 6. The Morgan fingerprint density at radius 2 is 1.70 bits per heavy atom. The van der Waals surface area contributed by atoms with Gasteiger partial charge in [-0.15, -0.1) is 0 Å². The van der Waals surface area contributed by atoms with Crippen LogP contribution in [0, 0.1) is 0 Å². The number of ether oxygens (including phenoxy) is 2. The molecule has 1 amide bonds. The quantitative estimate of drug-likeness (QED) is 0.636. The van der Waals surface area contributed by atoms with Crippen LogP contribution in [0.5, 0.6) is 5.75 Å². The Morgan fingerprint density at radius 3 is 2.39 bits per heavy atom. The molecule has 2 heterocycles.